The molecule has 1 atom stereocenters. The topological polar surface area (TPSA) is 70.2 Å². The van der Waals surface area contributed by atoms with E-state index >= 15 is 0 Å². The minimum absolute atomic E-state index is 0.102. The van der Waals surface area contributed by atoms with Gasteiger partial charge in [0.1, 0.15) is 0 Å². The molecular formula is C14H17N3O2. The number of urea groups is 1. The molecule has 0 aromatic heterocycles. The maximum Gasteiger partial charge on any atom is 0.315 e. The van der Waals surface area contributed by atoms with Crippen molar-refractivity contribution in [2.45, 2.75) is 13.0 Å². The highest BCUT2D eigenvalue weighted by Crippen LogP contribution is 2.10. The van der Waals surface area contributed by atoms with Gasteiger partial charge in [-0.25, -0.2) is 4.79 Å². The molecule has 3 N–H and O–H groups in total. The molecule has 5 nitrogen and oxygen atoms in total. The number of hydrogen-bond acceptors (Lipinski definition) is 2. The van der Waals surface area contributed by atoms with Gasteiger partial charge >= 0.3 is 6.03 Å². The summed E-state index contributed by atoms with van der Waals surface area (Å²) in [6.45, 7) is 1.92. The van der Waals surface area contributed by atoms with Crippen molar-refractivity contribution in [1.82, 2.24) is 16.0 Å². The van der Waals surface area contributed by atoms with Gasteiger partial charge < -0.3 is 16.0 Å². The van der Waals surface area contributed by atoms with Crippen LogP contribution in [0.1, 0.15) is 18.5 Å². The first-order valence-corrected chi connectivity index (χ1v) is 5.93. The quantitative estimate of drug-likeness (QED) is 0.684. The molecule has 0 aliphatic carbocycles. The number of benzene rings is 1. The highest BCUT2D eigenvalue weighted by molar-refractivity contribution is 5.84. The Bertz CT molecular complexity index is 465. The van der Waals surface area contributed by atoms with E-state index in [0.717, 1.165) is 5.56 Å². The van der Waals surface area contributed by atoms with Crippen LogP contribution < -0.4 is 16.0 Å². The average Bonchev–Trinajstić information content (AvgIpc) is 2.43. The summed E-state index contributed by atoms with van der Waals surface area (Å²) in [5.74, 6) is 1.96. The molecule has 3 amide bonds. The Morgan fingerprint density at radius 1 is 1.26 bits per heavy atom. The van der Waals surface area contributed by atoms with Gasteiger partial charge in [0.25, 0.3) is 0 Å². The van der Waals surface area contributed by atoms with E-state index in [-0.39, 0.29) is 25.0 Å². The third-order valence-corrected chi connectivity index (χ3v) is 2.44. The molecule has 0 unspecified atom stereocenters. The van der Waals surface area contributed by atoms with Gasteiger partial charge in [-0.2, -0.15) is 0 Å². The van der Waals surface area contributed by atoms with Crippen LogP contribution in [0.25, 0.3) is 0 Å². The molecule has 0 radical (unpaired) electrons. The van der Waals surface area contributed by atoms with Crippen molar-refractivity contribution in [2.75, 3.05) is 13.1 Å². The molecule has 0 heterocycles. The predicted octanol–water partition coefficient (Wildman–Crippen LogP) is 0.796. The van der Waals surface area contributed by atoms with E-state index in [1.54, 1.807) is 0 Å². The van der Waals surface area contributed by atoms with E-state index in [2.05, 4.69) is 21.9 Å². The number of amides is 3. The number of terminal acetylenes is 1. The summed E-state index contributed by atoms with van der Waals surface area (Å²) in [5.41, 5.74) is 0.995. The second kappa shape index (κ2) is 7.77. The van der Waals surface area contributed by atoms with Crippen LogP contribution >= 0.6 is 0 Å². The van der Waals surface area contributed by atoms with E-state index < -0.39 is 6.03 Å². The fourth-order valence-electron chi connectivity index (χ4n) is 1.45. The van der Waals surface area contributed by atoms with Crippen molar-refractivity contribution >= 4 is 11.9 Å². The van der Waals surface area contributed by atoms with Gasteiger partial charge in [0.05, 0.1) is 19.1 Å². The van der Waals surface area contributed by atoms with Gasteiger partial charge in [-0.15, -0.1) is 6.42 Å². The van der Waals surface area contributed by atoms with E-state index in [1.807, 2.05) is 37.3 Å². The fourth-order valence-corrected chi connectivity index (χ4v) is 1.45. The number of carbonyl (C=O) groups excluding carboxylic acids is 2. The molecule has 0 bridgehead atoms. The number of rotatable bonds is 5. The Balaban J connectivity index is 2.32. The Hall–Kier alpha value is -2.48. The van der Waals surface area contributed by atoms with Crippen LogP contribution in [0.3, 0.4) is 0 Å². The van der Waals surface area contributed by atoms with Gasteiger partial charge in [0.15, 0.2) is 0 Å². The molecular weight excluding hydrogens is 242 g/mol. The van der Waals surface area contributed by atoms with Crippen molar-refractivity contribution in [3.05, 3.63) is 35.9 Å². The third kappa shape index (κ3) is 5.59. The molecule has 1 aromatic rings. The highest BCUT2D eigenvalue weighted by Gasteiger charge is 2.09. The first-order valence-electron chi connectivity index (χ1n) is 5.93. The molecule has 1 rings (SSSR count). The maximum absolute atomic E-state index is 11.6. The zero-order valence-corrected chi connectivity index (χ0v) is 10.8. The van der Waals surface area contributed by atoms with Crippen LogP contribution in [0.5, 0.6) is 0 Å². The number of carbonyl (C=O) groups is 2. The zero-order valence-electron chi connectivity index (χ0n) is 10.8. The largest absolute Gasteiger partial charge is 0.344 e. The summed E-state index contributed by atoms with van der Waals surface area (Å²) < 4.78 is 0. The first kappa shape index (κ1) is 14.6. The van der Waals surface area contributed by atoms with Gasteiger partial charge in [-0.1, -0.05) is 36.3 Å². The van der Waals surface area contributed by atoms with E-state index in [9.17, 15) is 9.59 Å². The molecule has 5 heteroatoms. The normalized spacial score (nSPS) is 10.9. The van der Waals surface area contributed by atoms with Gasteiger partial charge in [0.2, 0.25) is 5.91 Å². The van der Waals surface area contributed by atoms with E-state index in [4.69, 9.17) is 6.42 Å². The summed E-state index contributed by atoms with van der Waals surface area (Å²) in [6.07, 6.45) is 5.00. The summed E-state index contributed by atoms with van der Waals surface area (Å²) in [4.78, 5) is 22.8. The van der Waals surface area contributed by atoms with Crippen LogP contribution in [0.4, 0.5) is 4.79 Å². The molecule has 0 saturated heterocycles. The van der Waals surface area contributed by atoms with Gasteiger partial charge in [-0.3, -0.25) is 4.79 Å². The second-order valence-corrected chi connectivity index (χ2v) is 3.94. The number of nitrogens with one attached hydrogen (secondary N) is 3. The highest BCUT2D eigenvalue weighted by atomic mass is 16.2. The van der Waals surface area contributed by atoms with Crippen molar-refractivity contribution in [3.8, 4) is 12.3 Å². The van der Waals surface area contributed by atoms with E-state index in [1.165, 1.54) is 0 Å². The molecule has 0 spiro atoms. The molecule has 0 aliphatic rings. The Morgan fingerprint density at radius 2 is 1.95 bits per heavy atom. The monoisotopic (exact) mass is 259 g/mol. The lowest BCUT2D eigenvalue weighted by Crippen LogP contribution is -2.42. The molecule has 0 fully saturated rings. The lowest BCUT2D eigenvalue weighted by molar-refractivity contribution is -0.119. The average molecular weight is 259 g/mol. The third-order valence-electron chi connectivity index (χ3n) is 2.44. The van der Waals surface area contributed by atoms with Gasteiger partial charge in [0, 0.05) is 0 Å². The Labute approximate surface area is 112 Å². The molecule has 100 valence electrons. The first-order chi connectivity index (χ1) is 9.13. The zero-order chi connectivity index (χ0) is 14.1. The molecule has 1 aromatic carbocycles. The Morgan fingerprint density at radius 3 is 2.58 bits per heavy atom. The van der Waals surface area contributed by atoms with Crippen LogP contribution in [0.2, 0.25) is 0 Å². The predicted molar refractivity (Wildman–Crippen MR) is 73.2 cm³/mol. The fraction of sp³-hybridized carbons (Fsp3) is 0.286. The maximum atomic E-state index is 11.6. The second-order valence-electron chi connectivity index (χ2n) is 3.94. The SMILES string of the molecule is C#CCNC(=O)CNC(=O)N[C@H](C)c1ccccc1. The molecule has 0 aliphatic heterocycles. The molecule has 0 saturated carbocycles. The smallest absolute Gasteiger partial charge is 0.315 e. The Kier molecular flexibility index (Phi) is 5.96. The van der Waals surface area contributed by atoms with Crippen molar-refractivity contribution in [1.29, 1.82) is 0 Å². The lowest BCUT2D eigenvalue weighted by Gasteiger charge is -2.14. The van der Waals surface area contributed by atoms with Crippen molar-refractivity contribution in [3.63, 3.8) is 0 Å². The molecule has 19 heavy (non-hydrogen) atoms. The van der Waals surface area contributed by atoms with Crippen LogP contribution in [-0.2, 0) is 4.79 Å². The van der Waals surface area contributed by atoms with Crippen LogP contribution in [0.15, 0.2) is 30.3 Å². The van der Waals surface area contributed by atoms with E-state index in [0.29, 0.717) is 0 Å². The summed E-state index contributed by atoms with van der Waals surface area (Å²) in [6, 6.07) is 9.03. The minimum atomic E-state index is -0.396. The van der Waals surface area contributed by atoms with Crippen LogP contribution in [0, 0.1) is 12.3 Å². The summed E-state index contributed by atoms with van der Waals surface area (Å²) >= 11 is 0. The number of hydrogen-bond donors (Lipinski definition) is 3. The van der Waals surface area contributed by atoms with Crippen molar-refractivity contribution in [2.24, 2.45) is 0 Å². The van der Waals surface area contributed by atoms with Crippen molar-refractivity contribution < 1.29 is 9.59 Å². The van der Waals surface area contributed by atoms with Gasteiger partial charge in [-0.05, 0) is 12.5 Å². The lowest BCUT2D eigenvalue weighted by atomic mass is 10.1. The summed E-state index contributed by atoms with van der Waals surface area (Å²) in [5, 5.41) is 7.65. The standard InChI is InChI=1S/C14H17N3O2/c1-3-9-15-13(18)10-16-14(19)17-11(2)12-7-5-4-6-8-12/h1,4-8,11H,9-10H2,2H3,(H,15,18)(H2,16,17,19)/t11-/m1/s1. The summed E-state index contributed by atoms with van der Waals surface area (Å²) in [7, 11) is 0. The minimum Gasteiger partial charge on any atom is -0.344 e. The van der Waals surface area contributed by atoms with Crippen LogP contribution in [-0.4, -0.2) is 25.0 Å².